The lowest BCUT2D eigenvalue weighted by atomic mass is 10.0. The van der Waals surface area contributed by atoms with E-state index in [0.717, 1.165) is 17.7 Å². The van der Waals surface area contributed by atoms with E-state index in [1.807, 2.05) is 20.8 Å². The minimum Gasteiger partial charge on any atom is -0.392 e. The molecular formula is C14H20F3NO. The van der Waals surface area contributed by atoms with E-state index in [-0.39, 0.29) is 12.0 Å². The van der Waals surface area contributed by atoms with Gasteiger partial charge in [-0.05, 0) is 30.5 Å². The predicted molar refractivity (Wildman–Crippen MR) is 68.7 cm³/mol. The summed E-state index contributed by atoms with van der Waals surface area (Å²) in [6.45, 7) is 6.10. The molecule has 0 radical (unpaired) electrons. The molecule has 2 atom stereocenters. The van der Waals surface area contributed by atoms with Gasteiger partial charge < -0.3 is 10.4 Å². The third-order valence-corrected chi connectivity index (χ3v) is 3.14. The van der Waals surface area contributed by atoms with E-state index in [2.05, 4.69) is 5.32 Å². The van der Waals surface area contributed by atoms with Gasteiger partial charge in [0.05, 0.1) is 11.7 Å². The van der Waals surface area contributed by atoms with Crippen molar-refractivity contribution in [1.82, 2.24) is 5.32 Å². The molecule has 0 saturated carbocycles. The maximum atomic E-state index is 12.4. The van der Waals surface area contributed by atoms with Crippen molar-refractivity contribution in [2.45, 2.75) is 39.1 Å². The second-order valence-electron chi connectivity index (χ2n) is 5.06. The smallest absolute Gasteiger partial charge is 0.392 e. The lowest BCUT2D eigenvalue weighted by Crippen LogP contribution is -2.32. The standard InChI is InChI=1S/C14H20F3NO/c1-9(2)13(19)8-18-10(3)11-4-6-12(7-5-11)14(15,16)17/h4-7,9-10,13,18-19H,8H2,1-3H3. The first-order valence-electron chi connectivity index (χ1n) is 6.30. The molecule has 108 valence electrons. The number of aliphatic hydroxyl groups excluding tert-OH is 1. The zero-order chi connectivity index (χ0) is 14.6. The fraction of sp³-hybridized carbons (Fsp3) is 0.571. The van der Waals surface area contributed by atoms with Gasteiger partial charge in [0, 0.05) is 12.6 Å². The average molecular weight is 275 g/mol. The summed E-state index contributed by atoms with van der Waals surface area (Å²) in [6, 6.07) is 4.97. The summed E-state index contributed by atoms with van der Waals surface area (Å²) >= 11 is 0. The van der Waals surface area contributed by atoms with Crippen molar-refractivity contribution in [3.63, 3.8) is 0 Å². The molecule has 0 aliphatic carbocycles. The summed E-state index contributed by atoms with van der Waals surface area (Å²) < 4.78 is 37.2. The van der Waals surface area contributed by atoms with Crippen LogP contribution >= 0.6 is 0 Å². The minimum absolute atomic E-state index is 0.101. The Morgan fingerprint density at radius 1 is 1.11 bits per heavy atom. The van der Waals surface area contributed by atoms with Crippen LogP contribution < -0.4 is 5.32 Å². The Bertz CT molecular complexity index is 387. The van der Waals surface area contributed by atoms with Gasteiger partial charge >= 0.3 is 6.18 Å². The van der Waals surface area contributed by atoms with Gasteiger partial charge in [-0.15, -0.1) is 0 Å². The number of halogens is 3. The van der Waals surface area contributed by atoms with Gasteiger partial charge in [0.15, 0.2) is 0 Å². The van der Waals surface area contributed by atoms with Crippen molar-refractivity contribution in [2.24, 2.45) is 5.92 Å². The Balaban J connectivity index is 2.61. The molecule has 0 bridgehead atoms. The van der Waals surface area contributed by atoms with Gasteiger partial charge in [0.2, 0.25) is 0 Å². The molecule has 0 amide bonds. The zero-order valence-corrected chi connectivity index (χ0v) is 11.3. The summed E-state index contributed by atoms with van der Waals surface area (Å²) in [5.41, 5.74) is 0.120. The van der Waals surface area contributed by atoms with Gasteiger partial charge in [-0.25, -0.2) is 0 Å². The van der Waals surface area contributed by atoms with Crippen molar-refractivity contribution < 1.29 is 18.3 Å². The number of benzene rings is 1. The second-order valence-corrected chi connectivity index (χ2v) is 5.06. The molecule has 0 aliphatic rings. The largest absolute Gasteiger partial charge is 0.416 e. The third-order valence-electron chi connectivity index (χ3n) is 3.14. The molecule has 1 rings (SSSR count). The first-order chi connectivity index (χ1) is 8.71. The summed E-state index contributed by atoms with van der Waals surface area (Å²) in [5.74, 6) is 0.146. The topological polar surface area (TPSA) is 32.3 Å². The van der Waals surface area contributed by atoms with Gasteiger partial charge in [0.25, 0.3) is 0 Å². The average Bonchev–Trinajstić information content (AvgIpc) is 2.34. The summed E-state index contributed by atoms with van der Waals surface area (Å²) in [6.07, 6.45) is -4.76. The van der Waals surface area contributed by atoms with Crippen molar-refractivity contribution in [1.29, 1.82) is 0 Å². The SMILES string of the molecule is CC(NCC(O)C(C)C)c1ccc(C(F)(F)F)cc1. The highest BCUT2D eigenvalue weighted by atomic mass is 19.4. The molecule has 1 aromatic carbocycles. The van der Waals surface area contributed by atoms with E-state index >= 15 is 0 Å². The summed E-state index contributed by atoms with van der Waals surface area (Å²) in [5, 5.41) is 12.8. The van der Waals surface area contributed by atoms with Crippen LogP contribution in [0.15, 0.2) is 24.3 Å². The molecule has 0 fully saturated rings. The number of rotatable bonds is 5. The summed E-state index contributed by atoms with van der Waals surface area (Å²) in [4.78, 5) is 0. The van der Waals surface area contributed by atoms with Gasteiger partial charge in [-0.2, -0.15) is 13.2 Å². The zero-order valence-electron chi connectivity index (χ0n) is 11.3. The van der Waals surface area contributed by atoms with Crippen LogP contribution in [0.25, 0.3) is 0 Å². The van der Waals surface area contributed by atoms with Crippen LogP contribution in [0.5, 0.6) is 0 Å². The molecule has 2 nitrogen and oxygen atoms in total. The van der Waals surface area contributed by atoms with E-state index < -0.39 is 17.8 Å². The first-order valence-corrected chi connectivity index (χ1v) is 6.30. The van der Waals surface area contributed by atoms with Crippen LogP contribution in [0, 0.1) is 5.92 Å². The third kappa shape index (κ3) is 4.84. The number of nitrogens with one attached hydrogen (secondary N) is 1. The Kier molecular flexibility index (Phi) is 5.38. The molecule has 0 aromatic heterocycles. The number of aliphatic hydroxyl groups is 1. The first kappa shape index (κ1) is 16.0. The normalized spacial score (nSPS) is 15.6. The lowest BCUT2D eigenvalue weighted by Gasteiger charge is -2.20. The van der Waals surface area contributed by atoms with Crippen molar-refractivity contribution in [3.05, 3.63) is 35.4 Å². The number of hydrogen-bond donors (Lipinski definition) is 2. The van der Waals surface area contributed by atoms with E-state index in [9.17, 15) is 18.3 Å². The van der Waals surface area contributed by atoms with Gasteiger partial charge in [0.1, 0.15) is 0 Å². The highest BCUT2D eigenvalue weighted by Crippen LogP contribution is 2.29. The molecular weight excluding hydrogens is 255 g/mol. The van der Waals surface area contributed by atoms with Crippen LogP contribution in [0.4, 0.5) is 13.2 Å². The van der Waals surface area contributed by atoms with Crippen LogP contribution in [0.1, 0.15) is 37.9 Å². The van der Waals surface area contributed by atoms with Crippen LogP contribution in [-0.4, -0.2) is 17.8 Å². The summed E-state index contributed by atoms with van der Waals surface area (Å²) in [7, 11) is 0. The molecule has 1 aromatic rings. The Hall–Kier alpha value is -1.07. The van der Waals surface area contributed by atoms with Crippen molar-refractivity contribution in [2.75, 3.05) is 6.54 Å². The van der Waals surface area contributed by atoms with E-state index in [4.69, 9.17) is 0 Å². The van der Waals surface area contributed by atoms with E-state index in [0.29, 0.717) is 6.54 Å². The Morgan fingerprint density at radius 3 is 2.05 bits per heavy atom. The van der Waals surface area contributed by atoms with E-state index in [1.165, 1.54) is 12.1 Å². The minimum atomic E-state index is -4.30. The highest BCUT2D eigenvalue weighted by Gasteiger charge is 2.30. The highest BCUT2D eigenvalue weighted by molar-refractivity contribution is 5.26. The maximum Gasteiger partial charge on any atom is 0.416 e. The lowest BCUT2D eigenvalue weighted by molar-refractivity contribution is -0.137. The van der Waals surface area contributed by atoms with Crippen molar-refractivity contribution in [3.8, 4) is 0 Å². The van der Waals surface area contributed by atoms with Crippen LogP contribution in [-0.2, 0) is 6.18 Å². The molecule has 2 N–H and O–H groups in total. The van der Waals surface area contributed by atoms with Crippen molar-refractivity contribution >= 4 is 0 Å². The number of alkyl halides is 3. The van der Waals surface area contributed by atoms with Gasteiger partial charge in [-0.1, -0.05) is 26.0 Å². The molecule has 0 spiro atoms. The fourth-order valence-corrected chi connectivity index (χ4v) is 1.61. The maximum absolute atomic E-state index is 12.4. The van der Waals surface area contributed by atoms with E-state index in [1.54, 1.807) is 0 Å². The quantitative estimate of drug-likeness (QED) is 0.863. The molecule has 0 saturated heterocycles. The monoisotopic (exact) mass is 275 g/mol. The Morgan fingerprint density at radius 2 is 1.63 bits per heavy atom. The predicted octanol–water partition coefficient (Wildman–Crippen LogP) is 3.37. The Labute approximate surface area is 111 Å². The van der Waals surface area contributed by atoms with Gasteiger partial charge in [-0.3, -0.25) is 0 Å². The van der Waals surface area contributed by atoms with Crippen LogP contribution in [0.3, 0.4) is 0 Å². The molecule has 2 unspecified atom stereocenters. The fourth-order valence-electron chi connectivity index (χ4n) is 1.61. The molecule has 0 aliphatic heterocycles. The molecule has 19 heavy (non-hydrogen) atoms. The second kappa shape index (κ2) is 6.39. The molecule has 0 heterocycles. The number of hydrogen-bond acceptors (Lipinski definition) is 2. The van der Waals surface area contributed by atoms with Crippen LogP contribution in [0.2, 0.25) is 0 Å². The molecule has 5 heteroatoms.